The van der Waals surface area contributed by atoms with E-state index in [1.165, 1.54) is 13.0 Å². The first-order valence-corrected chi connectivity index (χ1v) is 5.98. The first-order valence-electron chi connectivity index (χ1n) is 5.98. The Hall–Kier alpha value is -2.38. The lowest BCUT2D eigenvalue weighted by molar-refractivity contribution is -0.385. The molecular formula is C13H13F3N2O3. The number of carbonyl (C=O) groups is 1. The van der Waals surface area contributed by atoms with E-state index in [4.69, 9.17) is 0 Å². The normalized spacial score (nSPS) is 11.6. The molecule has 0 saturated heterocycles. The van der Waals surface area contributed by atoms with E-state index < -0.39 is 22.4 Å². The summed E-state index contributed by atoms with van der Waals surface area (Å²) in [5.41, 5.74) is -1.60. The van der Waals surface area contributed by atoms with E-state index in [1.807, 2.05) is 0 Å². The third-order valence-corrected chi connectivity index (χ3v) is 2.54. The summed E-state index contributed by atoms with van der Waals surface area (Å²) in [4.78, 5) is 20.6. The van der Waals surface area contributed by atoms with Crippen LogP contribution in [0.4, 0.5) is 18.9 Å². The number of hydrogen-bond donors (Lipinski definition) is 1. The molecule has 0 saturated carbocycles. The number of carbonyl (C=O) groups excluding carboxylic acids is 1. The van der Waals surface area contributed by atoms with Gasteiger partial charge in [0.25, 0.3) is 5.69 Å². The van der Waals surface area contributed by atoms with Crippen molar-refractivity contribution in [2.75, 3.05) is 6.54 Å². The van der Waals surface area contributed by atoms with E-state index >= 15 is 0 Å². The van der Waals surface area contributed by atoms with E-state index in [1.54, 1.807) is 6.08 Å². The van der Waals surface area contributed by atoms with Crippen molar-refractivity contribution in [2.45, 2.75) is 19.5 Å². The fourth-order valence-corrected chi connectivity index (χ4v) is 1.56. The Morgan fingerprint density at radius 2 is 2.10 bits per heavy atom. The minimum atomic E-state index is -4.63. The van der Waals surface area contributed by atoms with Gasteiger partial charge in [-0.25, -0.2) is 0 Å². The quantitative estimate of drug-likeness (QED) is 0.516. The highest BCUT2D eigenvalue weighted by molar-refractivity contribution is 5.72. The van der Waals surface area contributed by atoms with Crippen LogP contribution in [0.1, 0.15) is 24.5 Å². The number of benzene rings is 1. The molecule has 0 atom stereocenters. The van der Waals surface area contributed by atoms with E-state index in [0.29, 0.717) is 19.0 Å². The first kappa shape index (κ1) is 16.7. The second kappa shape index (κ2) is 6.87. The molecule has 0 heterocycles. The SMILES string of the molecule is CC(=O)NCCC=Cc1ccc(C(F)(F)F)cc1[N+](=O)[O-]. The summed E-state index contributed by atoms with van der Waals surface area (Å²) in [5, 5.41) is 13.4. The van der Waals surface area contributed by atoms with Crippen molar-refractivity contribution in [1.82, 2.24) is 5.32 Å². The monoisotopic (exact) mass is 302 g/mol. The number of amides is 1. The lowest BCUT2D eigenvalue weighted by Crippen LogP contribution is -2.20. The van der Waals surface area contributed by atoms with Crippen LogP contribution < -0.4 is 5.32 Å². The van der Waals surface area contributed by atoms with Gasteiger partial charge in [0.15, 0.2) is 0 Å². The highest BCUT2D eigenvalue weighted by atomic mass is 19.4. The van der Waals surface area contributed by atoms with E-state index in [2.05, 4.69) is 5.32 Å². The second-order valence-electron chi connectivity index (χ2n) is 4.20. The van der Waals surface area contributed by atoms with Crippen LogP contribution in [0, 0.1) is 10.1 Å². The lowest BCUT2D eigenvalue weighted by Gasteiger charge is -2.07. The van der Waals surface area contributed by atoms with Crippen LogP contribution in [0.25, 0.3) is 6.08 Å². The number of nitrogens with zero attached hydrogens (tertiary/aromatic N) is 1. The average molecular weight is 302 g/mol. The molecule has 0 radical (unpaired) electrons. The van der Waals surface area contributed by atoms with Gasteiger partial charge in [-0.1, -0.05) is 12.2 Å². The van der Waals surface area contributed by atoms with Crippen LogP contribution in [0.5, 0.6) is 0 Å². The maximum absolute atomic E-state index is 12.5. The van der Waals surface area contributed by atoms with Crippen molar-refractivity contribution in [2.24, 2.45) is 0 Å². The predicted octanol–water partition coefficient (Wildman–Crippen LogP) is 3.15. The summed E-state index contributed by atoms with van der Waals surface area (Å²) in [6.07, 6.45) is -1.30. The van der Waals surface area contributed by atoms with Crippen LogP contribution in [-0.4, -0.2) is 17.4 Å². The van der Waals surface area contributed by atoms with Gasteiger partial charge < -0.3 is 5.32 Å². The van der Waals surface area contributed by atoms with Crippen LogP contribution in [0.2, 0.25) is 0 Å². The van der Waals surface area contributed by atoms with Crippen LogP contribution >= 0.6 is 0 Å². The van der Waals surface area contributed by atoms with Crippen molar-refractivity contribution in [3.8, 4) is 0 Å². The van der Waals surface area contributed by atoms with Crippen molar-refractivity contribution in [3.63, 3.8) is 0 Å². The molecule has 0 aliphatic rings. The second-order valence-corrected chi connectivity index (χ2v) is 4.20. The molecule has 0 unspecified atom stereocenters. The third kappa shape index (κ3) is 5.25. The fraction of sp³-hybridized carbons (Fsp3) is 0.308. The molecule has 1 aromatic carbocycles. The van der Waals surface area contributed by atoms with Crippen molar-refractivity contribution < 1.29 is 22.9 Å². The Balaban J connectivity index is 2.89. The van der Waals surface area contributed by atoms with Gasteiger partial charge in [0.05, 0.1) is 16.1 Å². The van der Waals surface area contributed by atoms with Gasteiger partial charge in [-0.3, -0.25) is 14.9 Å². The van der Waals surface area contributed by atoms with Gasteiger partial charge in [-0.15, -0.1) is 0 Å². The molecule has 21 heavy (non-hydrogen) atoms. The molecule has 1 rings (SSSR count). The zero-order valence-corrected chi connectivity index (χ0v) is 11.1. The minimum Gasteiger partial charge on any atom is -0.356 e. The predicted molar refractivity (Wildman–Crippen MR) is 70.4 cm³/mol. The molecule has 0 aliphatic heterocycles. The number of nitro benzene ring substituents is 1. The van der Waals surface area contributed by atoms with Crippen molar-refractivity contribution in [3.05, 3.63) is 45.5 Å². The highest BCUT2D eigenvalue weighted by Gasteiger charge is 2.32. The van der Waals surface area contributed by atoms with Crippen LogP contribution in [0.15, 0.2) is 24.3 Å². The van der Waals surface area contributed by atoms with E-state index in [9.17, 15) is 28.1 Å². The van der Waals surface area contributed by atoms with Gasteiger partial charge in [0, 0.05) is 19.5 Å². The lowest BCUT2D eigenvalue weighted by atomic mass is 10.1. The molecule has 8 heteroatoms. The number of nitrogens with one attached hydrogen (secondary N) is 1. The summed E-state index contributed by atoms with van der Waals surface area (Å²) in [5.74, 6) is -0.205. The largest absolute Gasteiger partial charge is 0.416 e. The van der Waals surface area contributed by atoms with Gasteiger partial charge in [0.2, 0.25) is 5.91 Å². The Labute approximate surface area is 118 Å². The minimum absolute atomic E-state index is 0.0795. The van der Waals surface area contributed by atoms with Gasteiger partial charge in [0.1, 0.15) is 0 Å². The maximum Gasteiger partial charge on any atom is 0.416 e. The summed E-state index contributed by atoms with van der Waals surface area (Å²) in [6, 6.07) is 2.35. The standard InChI is InChI=1S/C13H13F3N2O3/c1-9(19)17-7-3-2-4-10-5-6-11(13(14,15)16)8-12(10)18(20)21/h2,4-6,8H,3,7H2,1H3,(H,17,19). The molecule has 0 aliphatic carbocycles. The summed E-state index contributed by atoms with van der Waals surface area (Å²) in [6.45, 7) is 1.70. The molecule has 114 valence electrons. The average Bonchev–Trinajstić information content (AvgIpc) is 2.36. The molecule has 0 fully saturated rings. The summed E-state index contributed by atoms with van der Waals surface area (Å²) >= 11 is 0. The van der Waals surface area contributed by atoms with Crippen molar-refractivity contribution >= 4 is 17.7 Å². The number of alkyl halides is 3. The zero-order valence-electron chi connectivity index (χ0n) is 11.1. The molecule has 0 bridgehead atoms. The van der Waals surface area contributed by atoms with E-state index in [-0.39, 0.29) is 11.5 Å². The van der Waals surface area contributed by atoms with Gasteiger partial charge in [-0.05, 0) is 18.6 Å². The smallest absolute Gasteiger partial charge is 0.356 e. The van der Waals surface area contributed by atoms with Gasteiger partial charge >= 0.3 is 6.18 Å². The van der Waals surface area contributed by atoms with Gasteiger partial charge in [-0.2, -0.15) is 13.2 Å². The molecule has 1 aromatic rings. The summed E-state index contributed by atoms with van der Waals surface area (Å²) in [7, 11) is 0. The molecule has 0 spiro atoms. The number of hydrogen-bond acceptors (Lipinski definition) is 3. The fourth-order valence-electron chi connectivity index (χ4n) is 1.56. The Kier molecular flexibility index (Phi) is 5.45. The zero-order chi connectivity index (χ0) is 16.0. The highest BCUT2D eigenvalue weighted by Crippen LogP contribution is 2.33. The molecule has 0 aromatic heterocycles. The van der Waals surface area contributed by atoms with Crippen molar-refractivity contribution in [1.29, 1.82) is 0 Å². The van der Waals surface area contributed by atoms with Crippen LogP contribution in [-0.2, 0) is 11.0 Å². The first-order chi connectivity index (χ1) is 9.71. The molecule has 5 nitrogen and oxygen atoms in total. The van der Waals surface area contributed by atoms with Crippen LogP contribution in [0.3, 0.4) is 0 Å². The molecule has 1 amide bonds. The van der Waals surface area contributed by atoms with E-state index in [0.717, 1.165) is 12.1 Å². The number of nitro groups is 1. The Bertz CT molecular complexity index is 568. The Morgan fingerprint density at radius 3 is 2.62 bits per heavy atom. The number of halogens is 3. The maximum atomic E-state index is 12.5. The Morgan fingerprint density at radius 1 is 1.43 bits per heavy atom. The number of rotatable bonds is 5. The molecular weight excluding hydrogens is 289 g/mol. The summed E-state index contributed by atoms with van der Waals surface area (Å²) < 4.78 is 37.5. The molecule has 1 N–H and O–H groups in total. The third-order valence-electron chi connectivity index (χ3n) is 2.54. The topological polar surface area (TPSA) is 72.2 Å².